The van der Waals surface area contributed by atoms with Gasteiger partial charge in [0.05, 0.1) is 12.5 Å². The Balaban J connectivity index is 2.40. The van der Waals surface area contributed by atoms with Crippen molar-refractivity contribution in [3.8, 4) is 6.07 Å². The van der Waals surface area contributed by atoms with Crippen LogP contribution in [0, 0.1) is 11.3 Å². The van der Waals surface area contributed by atoms with Crippen molar-refractivity contribution >= 4 is 11.8 Å². The lowest BCUT2D eigenvalue weighted by Gasteiger charge is -2.02. The van der Waals surface area contributed by atoms with E-state index in [1.165, 1.54) is 16.0 Å². The van der Waals surface area contributed by atoms with Gasteiger partial charge in [-0.3, -0.25) is 0 Å². The zero-order chi connectivity index (χ0) is 9.26. The maximum atomic E-state index is 8.66. The number of benzene rings is 1. The summed E-state index contributed by atoms with van der Waals surface area (Å²) in [5.41, 5.74) is 2.62. The molecule has 1 aliphatic rings. The molecule has 0 bridgehead atoms. The molecule has 0 saturated heterocycles. The van der Waals surface area contributed by atoms with Crippen LogP contribution in [-0.4, -0.2) is 5.25 Å². The summed E-state index contributed by atoms with van der Waals surface area (Å²) < 4.78 is 0. The molecule has 0 aliphatic carbocycles. The lowest BCUT2D eigenvalue weighted by Crippen LogP contribution is -1.90. The minimum atomic E-state index is 0.545. The van der Waals surface area contributed by atoms with Gasteiger partial charge in [-0.1, -0.05) is 25.1 Å². The van der Waals surface area contributed by atoms with Crippen LogP contribution in [-0.2, 0) is 12.8 Å². The van der Waals surface area contributed by atoms with E-state index in [2.05, 4.69) is 31.2 Å². The van der Waals surface area contributed by atoms with Crippen LogP contribution in [0.3, 0.4) is 0 Å². The molecule has 2 rings (SSSR count). The van der Waals surface area contributed by atoms with E-state index in [1.807, 2.05) is 11.8 Å². The monoisotopic (exact) mass is 189 g/mol. The van der Waals surface area contributed by atoms with E-state index in [4.69, 9.17) is 5.26 Å². The highest BCUT2D eigenvalue weighted by atomic mass is 32.2. The van der Waals surface area contributed by atoms with Crippen LogP contribution in [0.1, 0.15) is 18.1 Å². The molecule has 1 unspecified atom stereocenters. The number of hydrogen-bond acceptors (Lipinski definition) is 2. The van der Waals surface area contributed by atoms with E-state index in [0.717, 1.165) is 6.42 Å². The molecule has 1 nitrogen and oxygen atoms in total. The van der Waals surface area contributed by atoms with Crippen molar-refractivity contribution in [1.29, 1.82) is 5.26 Å². The van der Waals surface area contributed by atoms with E-state index < -0.39 is 0 Å². The third-order valence-electron chi connectivity index (χ3n) is 2.27. The zero-order valence-corrected chi connectivity index (χ0v) is 8.40. The predicted octanol–water partition coefficient (Wildman–Crippen LogP) is 2.79. The van der Waals surface area contributed by atoms with Gasteiger partial charge in [-0.05, 0) is 17.5 Å². The highest BCUT2D eigenvalue weighted by Crippen LogP contribution is 2.39. The Morgan fingerprint density at radius 2 is 2.46 bits per heavy atom. The molecule has 0 spiro atoms. The van der Waals surface area contributed by atoms with Gasteiger partial charge in [0, 0.05) is 10.1 Å². The molecule has 1 aliphatic heterocycles. The van der Waals surface area contributed by atoms with Gasteiger partial charge in [-0.25, -0.2) is 0 Å². The maximum Gasteiger partial charge on any atom is 0.0670 e. The molecule has 66 valence electrons. The van der Waals surface area contributed by atoms with E-state index >= 15 is 0 Å². The molecule has 1 heterocycles. The summed E-state index contributed by atoms with van der Waals surface area (Å²) >= 11 is 1.91. The van der Waals surface area contributed by atoms with Crippen molar-refractivity contribution < 1.29 is 0 Å². The number of nitriles is 1. The van der Waals surface area contributed by atoms with Crippen LogP contribution in [0.15, 0.2) is 23.1 Å². The first-order valence-corrected chi connectivity index (χ1v) is 5.33. The van der Waals surface area contributed by atoms with Crippen molar-refractivity contribution in [3.63, 3.8) is 0 Å². The SMILES string of the molecule is CC1Cc2cccc(CC#N)c2S1. The standard InChI is InChI=1S/C11H11NS/c1-8-7-10-4-2-3-9(5-6-12)11(10)13-8/h2-4,8H,5,7H2,1H3. The highest BCUT2D eigenvalue weighted by Gasteiger charge is 2.20. The summed E-state index contributed by atoms with van der Waals surface area (Å²) in [5, 5.41) is 9.33. The first-order valence-electron chi connectivity index (χ1n) is 4.45. The lowest BCUT2D eigenvalue weighted by atomic mass is 10.1. The molecule has 13 heavy (non-hydrogen) atoms. The third-order valence-corrected chi connectivity index (χ3v) is 3.60. The smallest absolute Gasteiger partial charge is 0.0670 e. The van der Waals surface area contributed by atoms with Gasteiger partial charge in [-0.15, -0.1) is 11.8 Å². The Labute approximate surface area is 82.8 Å². The van der Waals surface area contributed by atoms with Gasteiger partial charge in [0.1, 0.15) is 0 Å². The number of rotatable bonds is 1. The van der Waals surface area contributed by atoms with E-state index in [9.17, 15) is 0 Å². The summed E-state index contributed by atoms with van der Waals surface area (Å²) in [5.74, 6) is 0. The van der Waals surface area contributed by atoms with E-state index in [1.54, 1.807) is 0 Å². The van der Waals surface area contributed by atoms with Crippen molar-refractivity contribution in [3.05, 3.63) is 29.3 Å². The number of hydrogen-bond donors (Lipinski definition) is 0. The molecule has 0 radical (unpaired) electrons. The minimum absolute atomic E-state index is 0.545. The number of nitrogens with zero attached hydrogens (tertiary/aromatic N) is 1. The van der Waals surface area contributed by atoms with Crippen molar-refractivity contribution in [2.24, 2.45) is 0 Å². The largest absolute Gasteiger partial charge is 0.198 e. The molecule has 0 aromatic heterocycles. The van der Waals surface area contributed by atoms with Crippen molar-refractivity contribution in [1.82, 2.24) is 0 Å². The fraction of sp³-hybridized carbons (Fsp3) is 0.364. The van der Waals surface area contributed by atoms with Gasteiger partial charge in [0.25, 0.3) is 0 Å². The quantitative estimate of drug-likeness (QED) is 0.678. The van der Waals surface area contributed by atoms with E-state index in [0.29, 0.717) is 11.7 Å². The molecule has 1 atom stereocenters. The molecule has 1 aromatic rings. The van der Waals surface area contributed by atoms with Crippen LogP contribution in [0.4, 0.5) is 0 Å². The summed E-state index contributed by atoms with van der Waals surface area (Å²) in [4.78, 5) is 1.36. The second kappa shape index (κ2) is 3.43. The van der Waals surface area contributed by atoms with Gasteiger partial charge in [-0.2, -0.15) is 5.26 Å². The molecule has 0 amide bonds. The second-order valence-electron chi connectivity index (χ2n) is 3.37. The molecule has 0 saturated carbocycles. The molecule has 1 aromatic carbocycles. The van der Waals surface area contributed by atoms with Crippen LogP contribution >= 0.6 is 11.8 Å². The first kappa shape index (κ1) is 8.65. The summed E-state index contributed by atoms with van der Waals surface area (Å²) in [7, 11) is 0. The van der Waals surface area contributed by atoms with Crippen LogP contribution < -0.4 is 0 Å². The van der Waals surface area contributed by atoms with Gasteiger partial charge >= 0.3 is 0 Å². The van der Waals surface area contributed by atoms with Crippen LogP contribution in [0.5, 0.6) is 0 Å². The summed E-state index contributed by atoms with van der Waals surface area (Å²) in [6.07, 6.45) is 1.70. The molecular weight excluding hydrogens is 178 g/mol. The maximum absolute atomic E-state index is 8.66. The lowest BCUT2D eigenvalue weighted by molar-refractivity contribution is 0.955. The molecule has 2 heteroatoms. The van der Waals surface area contributed by atoms with Crippen LogP contribution in [0.25, 0.3) is 0 Å². The second-order valence-corrected chi connectivity index (χ2v) is 4.82. The van der Waals surface area contributed by atoms with Crippen LogP contribution in [0.2, 0.25) is 0 Å². The third kappa shape index (κ3) is 1.57. The Kier molecular flexibility index (Phi) is 2.28. The van der Waals surface area contributed by atoms with Crippen molar-refractivity contribution in [2.45, 2.75) is 29.9 Å². The highest BCUT2D eigenvalue weighted by molar-refractivity contribution is 8.00. The fourth-order valence-electron chi connectivity index (χ4n) is 1.73. The summed E-state index contributed by atoms with van der Waals surface area (Å²) in [6, 6.07) is 8.51. The summed E-state index contributed by atoms with van der Waals surface area (Å²) in [6.45, 7) is 2.24. The van der Waals surface area contributed by atoms with Gasteiger partial charge in [0.2, 0.25) is 0 Å². The molecule has 0 N–H and O–H groups in total. The first-order chi connectivity index (χ1) is 6.31. The minimum Gasteiger partial charge on any atom is -0.198 e. The Morgan fingerprint density at radius 3 is 3.23 bits per heavy atom. The predicted molar refractivity (Wildman–Crippen MR) is 54.8 cm³/mol. The average Bonchev–Trinajstić information content (AvgIpc) is 2.47. The number of thioether (sulfide) groups is 1. The Morgan fingerprint density at radius 1 is 1.62 bits per heavy atom. The number of fused-ring (bicyclic) bond motifs is 1. The fourth-order valence-corrected chi connectivity index (χ4v) is 2.99. The Bertz CT molecular complexity index is 365. The van der Waals surface area contributed by atoms with Crippen molar-refractivity contribution in [2.75, 3.05) is 0 Å². The molecular formula is C11H11NS. The van der Waals surface area contributed by atoms with E-state index in [-0.39, 0.29) is 0 Å². The zero-order valence-electron chi connectivity index (χ0n) is 7.58. The van der Waals surface area contributed by atoms with Gasteiger partial charge < -0.3 is 0 Å². The average molecular weight is 189 g/mol. The topological polar surface area (TPSA) is 23.8 Å². The Hall–Kier alpha value is -0.940. The molecule has 0 fully saturated rings. The normalized spacial score (nSPS) is 19.5. The van der Waals surface area contributed by atoms with Gasteiger partial charge in [0.15, 0.2) is 0 Å².